The molecule has 0 spiro atoms. The van der Waals surface area contributed by atoms with Crippen LogP contribution in [0.4, 0.5) is 11.4 Å². The van der Waals surface area contributed by atoms with Crippen LogP contribution in [-0.4, -0.2) is 97.7 Å². The molecule has 0 radical (unpaired) electrons. The first-order valence-electron chi connectivity index (χ1n) is 19.6. The van der Waals surface area contributed by atoms with E-state index >= 15 is 0 Å². The molecular formula is C43H54N3O12S2+. The maximum Gasteiger partial charge on any atom is 0.333 e. The first-order valence-corrected chi connectivity index (χ1v) is 22.5. The molecule has 324 valence electrons. The van der Waals surface area contributed by atoms with Crippen molar-refractivity contribution in [2.24, 2.45) is 0 Å². The zero-order valence-electron chi connectivity index (χ0n) is 34.4. The van der Waals surface area contributed by atoms with Gasteiger partial charge in [0.25, 0.3) is 20.2 Å². The number of rotatable bonds is 20. The zero-order chi connectivity index (χ0) is 43.9. The highest BCUT2D eigenvalue weighted by molar-refractivity contribution is 7.86. The third kappa shape index (κ3) is 9.94. The van der Waals surface area contributed by atoms with E-state index < -0.39 is 48.8 Å². The van der Waals surface area contributed by atoms with Crippen LogP contribution in [0.3, 0.4) is 0 Å². The lowest BCUT2D eigenvalue weighted by molar-refractivity contribution is -0.438. The van der Waals surface area contributed by atoms with Crippen LogP contribution in [0.5, 0.6) is 11.8 Å². The lowest BCUT2D eigenvalue weighted by Gasteiger charge is -2.29. The molecule has 3 aromatic rings. The van der Waals surface area contributed by atoms with E-state index in [0.717, 1.165) is 33.9 Å². The second-order valence-electron chi connectivity index (χ2n) is 15.0. The summed E-state index contributed by atoms with van der Waals surface area (Å²) >= 11 is 0. The quantitative estimate of drug-likeness (QED) is 0.0421. The molecule has 0 amide bonds. The van der Waals surface area contributed by atoms with Gasteiger partial charge >= 0.3 is 5.97 Å². The van der Waals surface area contributed by atoms with E-state index in [-0.39, 0.29) is 16.2 Å². The molecule has 5 rings (SSSR count). The minimum atomic E-state index is -4.48. The highest BCUT2D eigenvalue weighted by Crippen LogP contribution is 2.50. The molecule has 2 unspecified atom stereocenters. The number of methoxy groups -OCH3 is 2. The lowest BCUT2D eigenvalue weighted by atomic mass is 9.76. The maximum absolute atomic E-state index is 12.4. The number of benzene rings is 2. The second kappa shape index (κ2) is 19.1. The third-order valence-corrected chi connectivity index (χ3v) is 12.8. The summed E-state index contributed by atoms with van der Waals surface area (Å²) in [7, 11) is -5.68. The van der Waals surface area contributed by atoms with E-state index in [1.54, 1.807) is 26.4 Å². The molecule has 2 aliphatic rings. The molecular weight excluding hydrogens is 815 g/mol. The van der Waals surface area contributed by atoms with E-state index in [0.29, 0.717) is 63.1 Å². The Morgan fingerprint density at radius 2 is 1.35 bits per heavy atom. The van der Waals surface area contributed by atoms with Gasteiger partial charge in [-0.25, -0.2) is 4.79 Å². The molecule has 2 aliphatic heterocycles. The van der Waals surface area contributed by atoms with E-state index in [1.807, 2.05) is 63.3 Å². The molecule has 0 saturated carbocycles. The molecule has 0 saturated heterocycles. The smallest absolute Gasteiger partial charge is 0.333 e. The van der Waals surface area contributed by atoms with Gasteiger partial charge in [0.15, 0.2) is 5.71 Å². The van der Waals surface area contributed by atoms with Gasteiger partial charge in [-0.2, -0.15) is 21.4 Å². The highest BCUT2D eigenvalue weighted by Gasteiger charge is 2.48. The molecule has 0 aliphatic carbocycles. The first-order chi connectivity index (χ1) is 28.4. The van der Waals surface area contributed by atoms with Crippen molar-refractivity contribution in [3.63, 3.8) is 0 Å². The van der Waals surface area contributed by atoms with Gasteiger partial charge in [-0.1, -0.05) is 30.4 Å². The predicted octanol–water partition coefficient (Wildman–Crippen LogP) is 6.39. The maximum atomic E-state index is 12.4. The summed E-state index contributed by atoms with van der Waals surface area (Å²) in [6.07, 6.45) is 16.3. The number of carbonyl (C=O) groups is 1. The van der Waals surface area contributed by atoms with Gasteiger partial charge in [0.2, 0.25) is 17.4 Å². The van der Waals surface area contributed by atoms with Gasteiger partial charge < -0.3 is 29.4 Å². The Balaban J connectivity index is 1.39. The van der Waals surface area contributed by atoms with E-state index in [9.17, 15) is 40.9 Å². The predicted molar refractivity (Wildman–Crippen MR) is 226 cm³/mol. The Labute approximate surface area is 351 Å². The number of fused-ring (bicyclic) bond motifs is 2. The number of likely N-dealkylation sites (N-methyl/N-ethyl adjacent to an activating group) is 1. The average Bonchev–Trinajstić information content (AvgIpc) is 3.73. The van der Waals surface area contributed by atoms with Gasteiger partial charge in [0.05, 0.1) is 15.2 Å². The van der Waals surface area contributed by atoms with Crippen molar-refractivity contribution in [3.05, 3.63) is 108 Å². The molecule has 0 fully saturated rings. The van der Waals surface area contributed by atoms with Crippen molar-refractivity contribution in [2.45, 2.75) is 79.9 Å². The third-order valence-electron chi connectivity index (χ3n) is 11.1. The van der Waals surface area contributed by atoms with Gasteiger partial charge in [0, 0.05) is 93.5 Å². The summed E-state index contributed by atoms with van der Waals surface area (Å²) in [5.41, 5.74) is 3.68. The van der Waals surface area contributed by atoms with Crippen molar-refractivity contribution in [1.29, 1.82) is 0 Å². The Bertz CT molecular complexity index is 2430. The van der Waals surface area contributed by atoms with Gasteiger partial charge in [-0.3, -0.25) is 9.11 Å². The number of allylic oxidation sites excluding steroid dienone is 8. The average molecular weight is 869 g/mol. The minimum absolute atomic E-state index is 0.0488. The summed E-state index contributed by atoms with van der Waals surface area (Å²) < 4.78 is 81.9. The fourth-order valence-electron chi connectivity index (χ4n) is 7.95. The summed E-state index contributed by atoms with van der Waals surface area (Å²) in [6.45, 7) is 8.01. The topological polar surface area (TPSA) is 205 Å². The highest BCUT2D eigenvalue weighted by atomic mass is 32.2. The van der Waals surface area contributed by atoms with Crippen molar-refractivity contribution >= 4 is 43.3 Å². The lowest BCUT2D eigenvalue weighted by Crippen LogP contribution is -2.33. The Morgan fingerprint density at radius 1 is 0.767 bits per heavy atom. The van der Waals surface area contributed by atoms with E-state index in [1.165, 1.54) is 36.4 Å². The molecule has 4 N–H and O–H groups in total. The summed E-state index contributed by atoms with van der Waals surface area (Å²) in [5, 5.41) is 19.5. The monoisotopic (exact) mass is 868 g/mol. The van der Waals surface area contributed by atoms with Crippen molar-refractivity contribution in [1.82, 2.24) is 4.73 Å². The van der Waals surface area contributed by atoms with Gasteiger partial charge in [0.1, 0.15) is 6.54 Å². The summed E-state index contributed by atoms with van der Waals surface area (Å²) in [5.74, 6) is -1.42. The van der Waals surface area contributed by atoms with Crippen LogP contribution >= 0.6 is 0 Å². The minimum Gasteiger partial charge on any atom is -0.492 e. The number of anilines is 1. The van der Waals surface area contributed by atoms with Crippen molar-refractivity contribution in [3.8, 4) is 11.8 Å². The molecule has 17 heteroatoms. The first kappa shape index (κ1) is 46.0. The van der Waals surface area contributed by atoms with Gasteiger partial charge in [-0.15, -0.1) is 4.73 Å². The molecule has 15 nitrogen and oxygen atoms in total. The van der Waals surface area contributed by atoms with E-state index in [4.69, 9.17) is 14.3 Å². The number of hydrogen-bond donors (Lipinski definition) is 4. The van der Waals surface area contributed by atoms with Crippen LogP contribution in [0.1, 0.15) is 70.4 Å². The van der Waals surface area contributed by atoms with Crippen LogP contribution in [0, 0.1) is 0 Å². The van der Waals surface area contributed by atoms with Crippen molar-refractivity contribution in [2.75, 3.05) is 45.4 Å². The van der Waals surface area contributed by atoms with Gasteiger partial charge in [-0.05, 0) is 88.4 Å². The number of ether oxygens (including phenoxy) is 2. The van der Waals surface area contributed by atoms with Crippen LogP contribution in [-0.2, 0) is 45.3 Å². The number of unbranched alkanes of at least 4 members (excludes halogenated alkanes) is 2. The number of carbonyl (C=O) groups excluding carboxylic acids is 1. The van der Waals surface area contributed by atoms with Crippen LogP contribution in [0.25, 0.3) is 0 Å². The standard InChI is InChI=1S/C43H53N3O12S2/c1-6-44-35-20-18-31(59(50,51)52)29-33(35)42(2,24-27-56-4)37(44)15-11-8-7-9-12-16-38-43(3,25-28-57-5)34-30-32(60(53,54)55)19-21-36(34)45(38)26-14-10-13-17-41(49)58-46-39(47)22-23-40(46)48/h7-9,11-12,15-16,18-23,29-30H,6,10,13-14,17,24-28H2,1-5H3,(H3-,47,48,50,51,52,53,54,55)/p+1. The number of nitrogens with zero attached hydrogens (tertiary/aromatic N) is 3. The molecule has 3 heterocycles. The number of hydrogen-bond acceptors (Lipinski definition) is 11. The Morgan fingerprint density at radius 3 is 1.97 bits per heavy atom. The van der Waals surface area contributed by atoms with Crippen LogP contribution in [0.15, 0.2) is 107 Å². The second-order valence-corrected chi connectivity index (χ2v) is 17.9. The SMILES string of the molecule is CCN1C(=CC=CC=CC=CC2=[N+](CCCCCC(=O)On3c(O)ccc3O)c3ccc(S(=O)(=O)O)cc3C2(C)CCOC)C(C)(CCOC)c2cc(S(=O)(=O)O)ccc21. The summed E-state index contributed by atoms with van der Waals surface area (Å²) in [4.78, 5) is 19.2. The fraction of sp³-hybridized carbons (Fsp3) is 0.395. The molecule has 1 aromatic heterocycles. The Hall–Kier alpha value is -5.04. The molecule has 0 bridgehead atoms. The molecule has 2 atom stereocenters. The zero-order valence-corrected chi connectivity index (χ0v) is 36.1. The molecule has 60 heavy (non-hydrogen) atoms. The Kier molecular flexibility index (Phi) is 14.7. The number of aromatic nitrogens is 1. The van der Waals surface area contributed by atoms with Crippen LogP contribution in [0.2, 0.25) is 0 Å². The normalized spacial score (nSPS) is 20.1. The fourth-order valence-corrected chi connectivity index (χ4v) is 8.96. The molecule has 2 aromatic carbocycles. The number of aromatic hydroxyl groups is 2. The largest absolute Gasteiger partial charge is 0.492 e. The van der Waals surface area contributed by atoms with Crippen LogP contribution < -0.4 is 9.74 Å². The van der Waals surface area contributed by atoms with Crippen molar-refractivity contribution < 1.29 is 59.8 Å². The van der Waals surface area contributed by atoms with E-state index in [2.05, 4.69) is 9.48 Å². The summed E-state index contributed by atoms with van der Waals surface area (Å²) in [6, 6.07) is 11.6.